The van der Waals surface area contributed by atoms with Crippen LogP contribution >= 0.6 is 27.3 Å². The van der Waals surface area contributed by atoms with Gasteiger partial charge in [0.05, 0.1) is 6.54 Å². The molecule has 0 saturated heterocycles. The molecule has 0 unspecified atom stereocenters. The zero-order chi connectivity index (χ0) is 15.2. The first-order chi connectivity index (χ1) is 10.1. The monoisotopic (exact) mass is 367 g/mol. The van der Waals surface area contributed by atoms with Crippen LogP contribution in [0.5, 0.6) is 0 Å². The van der Waals surface area contributed by atoms with Crippen molar-refractivity contribution in [3.63, 3.8) is 0 Å². The molecule has 2 heterocycles. The van der Waals surface area contributed by atoms with Gasteiger partial charge in [-0.15, -0.1) is 11.3 Å². The molecule has 4 nitrogen and oxygen atoms in total. The lowest BCUT2D eigenvalue weighted by atomic mass is 10.2. The number of nitrogens with zero attached hydrogens (tertiary/aromatic N) is 1. The summed E-state index contributed by atoms with van der Waals surface area (Å²) >= 11 is 5.08. The van der Waals surface area contributed by atoms with E-state index in [0.29, 0.717) is 12.1 Å². The highest BCUT2D eigenvalue weighted by molar-refractivity contribution is 9.10. The number of halogens is 1. The van der Waals surface area contributed by atoms with Crippen LogP contribution in [-0.2, 0) is 6.54 Å². The molecule has 2 aromatic rings. The molecule has 0 aliphatic carbocycles. The molecule has 2 N–H and O–H groups in total. The van der Waals surface area contributed by atoms with Crippen LogP contribution in [0.25, 0.3) is 0 Å². The highest BCUT2D eigenvalue weighted by atomic mass is 79.9. The van der Waals surface area contributed by atoms with E-state index in [-0.39, 0.29) is 5.91 Å². The van der Waals surface area contributed by atoms with Crippen molar-refractivity contribution in [1.29, 1.82) is 0 Å². The topological polar surface area (TPSA) is 54.0 Å². The van der Waals surface area contributed by atoms with E-state index in [1.807, 2.05) is 18.4 Å². The summed E-state index contributed by atoms with van der Waals surface area (Å²) < 4.78 is 1.03. The minimum absolute atomic E-state index is 0.0830. The zero-order valence-electron chi connectivity index (χ0n) is 12.1. The Bertz CT molecular complexity index is 627. The molecule has 2 aromatic heterocycles. The number of thiophene rings is 1. The molecular formula is C15H18BrN3OS. The number of carbonyl (C=O) groups excluding carboxylic acids is 1. The van der Waals surface area contributed by atoms with Gasteiger partial charge in [-0.25, -0.2) is 4.98 Å². The largest absolute Gasteiger partial charge is 0.370 e. The second-order valence-electron chi connectivity index (χ2n) is 4.68. The third kappa shape index (κ3) is 4.54. The smallest absolute Gasteiger partial charge is 0.251 e. The van der Waals surface area contributed by atoms with E-state index in [1.165, 1.54) is 0 Å². The van der Waals surface area contributed by atoms with Crippen LogP contribution in [-0.4, -0.2) is 17.4 Å². The summed E-state index contributed by atoms with van der Waals surface area (Å²) in [6, 6.07) is 5.58. The number of amides is 1. The quantitative estimate of drug-likeness (QED) is 0.811. The molecule has 21 heavy (non-hydrogen) atoms. The lowest BCUT2D eigenvalue weighted by Crippen LogP contribution is -2.23. The summed E-state index contributed by atoms with van der Waals surface area (Å²) in [6.07, 6.45) is 1.02. The van der Waals surface area contributed by atoms with E-state index in [4.69, 9.17) is 0 Å². The molecule has 0 aliphatic rings. The van der Waals surface area contributed by atoms with Crippen LogP contribution in [0.4, 0.5) is 5.82 Å². The summed E-state index contributed by atoms with van der Waals surface area (Å²) in [5.41, 5.74) is 1.47. The predicted molar refractivity (Wildman–Crippen MR) is 90.9 cm³/mol. The van der Waals surface area contributed by atoms with Gasteiger partial charge in [-0.05, 0) is 52.9 Å². The van der Waals surface area contributed by atoms with Gasteiger partial charge in [-0.2, -0.15) is 0 Å². The van der Waals surface area contributed by atoms with Crippen molar-refractivity contribution in [1.82, 2.24) is 10.3 Å². The van der Waals surface area contributed by atoms with Gasteiger partial charge in [0.15, 0.2) is 0 Å². The molecule has 1 amide bonds. The standard InChI is InChI=1S/C15H18BrN3OS/c1-3-5-17-14-8-11(7-10(2)19-14)15(20)18-9-13-12(16)4-6-21-13/h4,6-8H,3,5,9H2,1-2H3,(H,17,19)(H,18,20). The normalized spacial score (nSPS) is 10.4. The van der Waals surface area contributed by atoms with Crippen LogP contribution in [0.3, 0.4) is 0 Å². The first kappa shape index (κ1) is 16.0. The van der Waals surface area contributed by atoms with E-state index < -0.39 is 0 Å². The average Bonchev–Trinajstić information content (AvgIpc) is 2.87. The zero-order valence-corrected chi connectivity index (χ0v) is 14.5. The summed E-state index contributed by atoms with van der Waals surface area (Å²) in [5, 5.41) is 8.15. The first-order valence-electron chi connectivity index (χ1n) is 6.82. The lowest BCUT2D eigenvalue weighted by molar-refractivity contribution is 0.0951. The van der Waals surface area contributed by atoms with Crippen LogP contribution in [0, 0.1) is 6.92 Å². The predicted octanol–water partition coefficient (Wildman–Crippen LogP) is 3.97. The summed E-state index contributed by atoms with van der Waals surface area (Å²) in [6.45, 7) is 5.36. The van der Waals surface area contributed by atoms with Crippen molar-refractivity contribution in [2.75, 3.05) is 11.9 Å². The van der Waals surface area contributed by atoms with Crippen LogP contribution in [0.2, 0.25) is 0 Å². The Morgan fingerprint density at radius 2 is 2.24 bits per heavy atom. The van der Waals surface area contributed by atoms with E-state index in [2.05, 4.69) is 38.5 Å². The van der Waals surface area contributed by atoms with E-state index >= 15 is 0 Å². The molecule has 0 saturated carbocycles. The number of hydrogen-bond acceptors (Lipinski definition) is 4. The fourth-order valence-corrected chi connectivity index (χ4v) is 3.29. The Morgan fingerprint density at radius 3 is 2.90 bits per heavy atom. The minimum atomic E-state index is -0.0830. The van der Waals surface area contributed by atoms with Crippen LogP contribution in [0.1, 0.15) is 34.3 Å². The van der Waals surface area contributed by atoms with Crippen molar-refractivity contribution < 1.29 is 4.79 Å². The van der Waals surface area contributed by atoms with Crippen LogP contribution in [0.15, 0.2) is 28.1 Å². The fraction of sp³-hybridized carbons (Fsp3) is 0.333. The van der Waals surface area contributed by atoms with E-state index in [1.54, 1.807) is 23.5 Å². The molecule has 0 spiro atoms. The van der Waals surface area contributed by atoms with E-state index in [0.717, 1.165) is 33.8 Å². The van der Waals surface area contributed by atoms with Crippen LogP contribution < -0.4 is 10.6 Å². The van der Waals surface area contributed by atoms with Gasteiger partial charge in [0.1, 0.15) is 5.82 Å². The maximum absolute atomic E-state index is 12.3. The van der Waals surface area contributed by atoms with Gasteiger partial charge >= 0.3 is 0 Å². The molecule has 0 fully saturated rings. The molecule has 0 aliphatic heterocycles. The molecule has 2 rings (SSSR count). The first-order valence-corrected chi connectivity index (χ1v) is 8.50. The number of rotatable bonds is 6. The summed E-state index contributed by atoms with van der Waals surface area (Å²) in [5.74, 6) is 0.666. The number of anilines is 1. The molecule has 0 aromatic carbocycles. The van der Waals surface area contributed by atoms with Gasteiger partial charge in [0.25, 0.3) is 5.91 Å². The molecular weight excluding hydrogens is 350 g/mol. The average molecular weight is 368 g/mol. The Kier molecular flexibility index (Phi) is 5.76. The maximum atomic E-state index is 12.3. The number of nitrogens with one attached hydrogen (secondary N) is 2. The number of aryl methyl sites for hydroxylation is 1. The summed E-state index contributed by atoms with van der Waals surface area (Å²) in [4.78, 5) is 17.7. The SMILES string of the molecule is CCCNc1cc(C(=O)NCc2sccc2Br)cc(C)n1. The molecule has 112 valence electrons. The Labute approximate surface area is 137 Å². The van der Waals surface area contributed by atoms with Gasteiger partial charge in [-0.3, -0.25) is 4.79 Å². The van der Waals surface area contributed by atoms with Crippen molar-refractivity contribution in [3.8, 4) is 0 Å². The second kappa shape index (κ2) is 7.56. The highest BCUT2D eigenvalue weighted by Gasteiger charge is 2.10. The number of hydrogen-bond donors (Lipinski definition) is 2. The third-order valence-corrected chi connectivity index (χ3v) is 4.80. The Balaban J connectivity index is 2.04. The van der Waals surface area contributed by atoms with E-state index in [9.17, 15) is 4.79 Å². The summed E-state index contributed by atoms with van der Waals surface area (Å²) in [7, 11) is 0. The van der Waals surface area contributed by atoms with Gasteiger partial charge < -0.3 is 10.6 Å². The number of aromatic nitrogens is 1. The van der Waals surface area contributed by atoms with Gasteiger partial charge in [-0.1, -0.05) is 6.92 Å². The third-order valence-electron chi connectivity index (χ3n) is 2.87. The number of carbonyl (C=O) groups is 1. The molecule has 0 atom stereocenters. The number of pyridine rings is 1. The highest BCUT2D eigenvalue weighted by Crippen LogP contribution is 2.22. The Hall–Kier alpha value is -1.40. The van der Waals surface area contributed by atoms with Gasteiger partial charge in [0.2, 0.25) is 0 Å². The second-order valence-corrected chi connectivity index (χ2v) is 6.54. The molecule has 0 radical (unpaired) electrons. The molecule has 0 bridgehead atoms. The van der Waals surface area contributed by atoms with Crippen molar-refractivity contribution in [2.24, 2.45) is 0 Å². The fourth-order valence-electron chi connectivity index (χ4n) is 1.86. The van der Waals surface area contributed by atoms with Crippen molar-refractivity contribution in [3.05, 3.63) is 44.2 Å². The Morgan fingerprint density at radius 1 is 1.43 bits per heavy atom. The van der Waals surface area contributed by atoms with Crippen molar-refractivity contribution >= 4 is 39.0 Å². The molecule has 6 heteroatoms. The lowest BCUT2D eigenvalue weighted by Gasteiger charge is -2.09. The minimum Gasteiger partial charge on any atom is -0.370 e. The maximum Gasteiger partial charge on any atom is 0.251 e. The van der Waals surface area contributed by atoms with Crippen molar-refractivity contribution in [2.45, 2.75) is 26.8 Å². The van der Waals surface area contributed by atoms with Gasteiger partial charge in [0, 0.05) is 27.2 Å².